The van der Waals surface area contributed by atoms with Gasteiger partial charge in [0.25, 0.3) is 5.91 Å². The third-order valence-corrected chi connectivity index (χ3v) is 6.28. The van der Waals surface area contributed by atoms with Crippen molar-refractivity contribution in [3.05, 3.63) is 70.5 Å². The van der Waals surface area contributed by atoms with Crippen LogP contribution in [0.5, 0.6) is 0 Å². The third kappa shape index (κ3) is 3.87. The lowest BCUT2D eigenvalue weighted by Crippen LogP contribution is -2.38. The van der Waals surface area contributed by atoms with Crippen molar-refractivity contribution in [2.75, 3.05) is 19.0 Å². The van der Waals surface area contributed by atoms with Gasteiger partial charge in [0, 0.05) is 19.8 Å². The van der Waals surface area contributed by atoms with E-state index in [4.69, 9.17) is 5.26 Å². The second kappa shape index (κ2) is 8.48. The fraction of sp³-hybridized carbons (Fsp3) is 0.292. The van der Waals surface area contributed by atoms with Gasteiger partial charge in [-0.25, -0.2) is 9.18 Å². The van der Waals surface area contributed by atoms with Crippen molar-refractivity contribution in [2.45, 2.75) is 31.1 Å². The Kier molecular flexibility index (Phi) is 5.81. The van der Waals surface area contributed by atoms with E-state index in [1.54, 1.807) is 19.2 Å². The quantitative estimate of drug-likeness (QED) is 0.666. The largest absolute Gasteiger partial charge is 0.417 e. The first-order chi connectivity index (χ1) is 16.1. The summed E-state index contributed by atoms with van der Waals surface area (Å²) in [6, 6.07) is 7.73. The normalized spacial score (nSPS) is 20.0. The molecule has 0 saturated carbocycles. The fourth-order valence-electron chi connectivity index (χ4n) is 4.56. The van der Waals surface area contributed by atoms with Crippen LogP contribution in [0.4, 0.5) is 28.0 Å². The molecule has 1 N–H and O–H groups in total. The summed E-state index contributed by atoms with van der Waals surface area (Å²) in [4.78, 5) is 27.5. The molecule has 176 valence electrons. The molecule has 1 aliphatic carbocycles. The van der Waals surface area contributed by atoms with Gasteiger partial charge in [-0.3, -0.25) is 9.69 Å². The van der Waals surface area contributed by atoms with Crippen LogP contribution in [0.2, 0.25) is 0 Å². The minimum absolute atomic E-state index is 0.0634. The maximum Gasteiger partial charge on any atom is 0.417 e. The number of halogens is 4. The van der Waals surface area contributed by atoms with Crippen LogP contribution in [0.3, 0.4) is 0 Å². The van der Waals surface area contributed by atoms with Gasteiger partial charge in [-0.15, -0.1) is 0 Å². The van der Waals surface area contributed by atoms with Crippen LogP contribution in [0.15, 0.2) is 42.5 Å². The molecule has 2 aromatic rings. The Morgan fingerprint density at radius 1 is 1.21 bits per heavy atom. The van der Waals surface area contributed by atoms with E-state index < -0.39 is 47.1 Å². The van der Waals surface area contributed by atoms with Gasteiger partial charge >= 0.3 is 12.2 Å². The van der Waals surface area contributed by atoms with E-state index in [2.05, 4.69) is 5.32 Å². The molecule has 1 heterocycles. The van der Waals surface area contributed by atoms with Crippen LogP contribution in [-0.2, 0) is 6.18 Å². The fourth-order valence-corrected chi connectivity index (χ4v) is 4.56. The van der Waals surface area contributed by atoms with Crippen LogP contribution in [0, 0.1) is 17.1 Å². The molecule has 6 nitrogen and oxygen atoms in total. The van der Waals surface area contributed by atoms with Gasteiger partial charge < -0.3 is 10.2 Å². The van der Waals surface area contributed by atoms with Gasteiger partial charge in [-0.05, 0) is 54.3 Å². The van der Waals surface area contributed by atoms with Crippen molar-refractivity contribution >= 4 is 23.2 Å². The highest BCUT2D eigenvalue weighted by Gasteiger charge is 2.46. The number of carbonyl (C=O) groups excluding carboxylic acids is 2. The smallest absolute Gasteiger partial charge is 0.355 e. The number of nitriles is 1. The molecule has 2 atom stereocenters. The number of fused-ring (bicyclic) bond motifs is 1. The first-order valence-electron chi connectivity index (χ1n) is 10.5. The lowest BCUT2D eigenvalue weighted by atomic mass is 9.87. The molecular weight excluding hydrogens is 452 g/mol. The maximum absolute atomic E-state index is 14.5. The Labute approximate surface area is 193 Å². The van der Waals surface area contributed by atoms with E-state index >= 15 is 0 Å². The molecule has 1 saturated heterocycles. The highest BCUT2D eigenvalue weighted by atomic mass is 19.4. The van der Waals surface area contributed by atoms with Crippen LogP contribution in [0.1, 0.15) is 39.9 Å². The van der Waals surface area contributed by atoms with Crippen molar-refractivity contribution in [1.29, 1.82) is 5.26 Å². The van der Waals surface area contributed by atoms with E-state index in [1.165, 1.54) is 35.0 Å². The molecular formula is C24H20F4N4O2. The summed E-state index contributed by atoms with van der Waals surface area (Å²) in [5.74, 6) is -1.21. The van der Waals surface area contributed by atoms with Crippen molar-refractivity contribution in [3.63, 3.8) is 0 Å². The number of benzene rings is 2. The molecule has 34 heavy (non-hydrogen) atoms. The number of nitrogens with one attached hydrogen (secondary N) is 1. The highest BCUT2D eigenvalue weighted by Crippen LogP contribution is 2.41. The van der Waals surface area contributed by atoms with E-state index in [0.29, 0.717) is 18.4 Å². The molecule has 0 radical (unpaired) electrons. The second-order valence-corrected chi connectivity index (χ2v) is 8.17. The molecule has 0 aromatic heterocycles. The van der Waals surface area contributed by atoms with E-state index in [1.807, 2.05) is 6.08 Å². The first kappa shape index (κ1) is 23.3. The molecule has 0 unspecified atom stereocenters. The minimum atomic E-state index is -4.74. The molecule has 10 heteroatoms. The topological polar surface area (TPSA) is 76.4 Å². The molecule has 4 rings (SSSR count). The maximum atomic E-state index is 14.5. The van der Waals surface area contributed by atoms with Crippen molar-refractivity contribution < 1.29 is 27.2 Å². The number of likely N-dealkylation sites (N-methyl/N-ethyl adjacent to an activating group) is 1. The zero-order valence-corrected chi connectivity index (χ0v) is 18.3. The number of alkyl halides is 3. The molecule has 2 aromatic carbocycles. The van der Waals surface area contributed by atoms with E-state index in [-0.39, 0.29) is 11.3 Å². The Morgan fingerprint density at radius 2 is 1.94 bits per heavy atom. The predicted molar refractivity (Wildman–Crippen MR) is 116 cm³/mol. The standard InChI is InChI=1S/C24H20F4N4O2/c1-30-22(33)17-7-4-13(9-19(17)25)14-5-8-20-21(10-14)31(2)23(34)32(20)16-6-3-15(12-29)18(11-16)24(26,27)28/h3-4,6-7,9-11,20-21H,5,8H2,1-2H3,(H,30,33)/t20-,21+/m1/s1. The molecule has 2 aliphatic rings. The van der Waals surface area contributed by atoms with Crippen molar-refractivity contribution in [1.82, 2.24) is 10.2 Å². The predicted octanol–water partition coefficient (Wildman–Crippen LogP) is 4.56. The summed E-state index contributed by atoms with van der Waals surface area (Å²) < 4.78 is 54.8. The van der Waals surface area contributed by atoms with Gasteiger partial charge in [0.15, 0.2) is 0 Å². The SMILES string of the molecule is CNC(=O)c1ccc(C2=C[C@H]3[C@@H](CC2)N(c2ccc(C#N)c(C(F)(F)F)c2)C(=O)N3C)cc1F. The lowest BCUT2D eigenvalue weighted by Gasteiger charge is -2.30. The number of hydrogen-bond acceptors (Lipinski definition) is 3. The van der Waals surface area contributed by atoms with Crippen molar-refractivity contribution in [3.8, 4) is 6.07 Å². The highest BCUT2D eigenvalue weighted by molar-refractivity contribution is 5.97. The Hall–Kier alpha value is -3.87. The van der Waals surface area contributed by atoms with E-state index in [0.717, 1.165) is 17.7 Å². The van der Waals surface area contributed by atoms with Gasteiger partial charge in [0.05, 0.1) is 34.8 Å². The Morgan fingerprint density at radius 3 is 2.56 bits per heavy atom. The minimum Gasteiger partial charge on any atom is -0.355 e. The number of anilines is 1. The molecule has 3 amide bonds. The molecule has 0 bridgehead atoms. The Bertz CT molecular complexity index is 1250. The number of hydrogen-bond donors (Lipinski definition) is 1. The summed E-state index contributed by atoms with van der Waals surface area (Å²) in [6.07, 6.45) is -2.03. The van der Waals surface area contributed by atoms with Crippen LogP contribution in [0.25, 0.3) is 5.57 Å². The zero-order valence-electron chi connectivity index (χ0n) is 18.3. The van der Waals surface area contributed by atoms with Crippen LogP contribution in [-0.4, -0.2) is 43.0 Å². The van der Waals surface area contributed by atoms with Gasteiger partial charge in [0.1, 0.15) is 5.82 Å². The number of carbonyl (C=O) groups is 2. The van der Waals surface area contributed by atoms with E-state index in [9.17, 15) is 27.2 Å². The molecule has 1 fully saturated rings. The number of nitrogens with zero attached hydrogens (tertiary/aromatic N) is 3. The first-order valence-corrected chi connectivity index (χ1v) is 10.5. The lowest BCUT2D eigenvalue weighted by molar-refractivity contribution is -0.137. The Balaban J connectivity index is 1.68. The van der Waals surface area contributed by atoms with Gasteiger partial charge in [-0.2, -0.15) is 18.4 Å². The summed E-state index contributed by atoms with van der Waals surface area (Å²) in [5, 5.41) is 11.4. The number of urea groups is 1. The summed E-state index contributed by atoms with van der Waals surface area (Å²) in [7, 11) is 2.97. The average Bonchev–Trinajstić information content (AvgIpc) is 3.07. The number of amides is 3. The van der Waals surface area contributed by atoms with Crippen molar-refractivity contribution in [2.24, 2.45) is 0 Å². The summed E-state index contributed by atoms with van der Waals surface area (Å²) >= 11 is 0. The monoisotopic (exact) mass is 472 g/mol. The number of rotatable bonds is 3. The number of allylic oxidation sites excluding steroid dienone is 1. The van der Waals surface area contributed by atoms with Crippen LogP contribution < -0.4 is 10.2 Å². The summed E-state index contributed by atoms with van der Waals surface area (Å²) in [6.45, 7) is 0. The zero-order chi connectivity index (χ0) is 24.8. The third-order valence-electron chi connectivity index (χ3n) is 6.28. The van der Waals surface area contributed by atoms with Crippen LogP contribution >= 0.6 is 0 Å². The second-order valence-electron chi connectivity index (χ2n) is 8.17. The molecule has 1 aliphatic heterocycles. The van der Waals surface area contributed by atoms with Gasteiger partial charge in [0.2, 0.25) is 0 Å². The summed E-state index contributed by atoms with van der Waals surface area (Å²) in [5.41, 5.74) is -0.276. The van der Waals surface area contributed by atoms with Gasteiger partial charge in [-0.1, -0.05) is 12.1 Å². The average molecular weight is 472 g/mol. The molecule has 0 spiro atoms.